The number of halogens is 2. The summed E-state index contributed by atoms with van der Waals surface area (Å²) in [5, 5.41) is 21.5. The van der Waals surface area contributed by atoms with Crippen molar-refractivity contribution in [3.8, 4) is 11.8 Å². The Kier molecular flexibility index (Phi) is 8.26. The standard InChI is InChI=1S/C26H20Br2N2O4/c1-15-4-3-5-23(16(15)2)30-25(31)20(13-29)10-19-11-21(27)12-22(28)24(19)34-14-17-6-8-18(9-7-17)26(32)33/h3-12H,14H2,1-2H3,(H,30,31)(H,32,33)/b20-10+. The van der Waals surface area contributed by atoms with Crippen LogP contribution in [0.3, 0.4) is 0 Å². The van der Waals surface area contributed by atoms with Gasteiger partial charge in [0, 0.05) is 15.7 Å². The molecule has 3 aromatic carbocycles. The molecule has 6 nitrogen and oxygen atoms in total. The summed E-state index contributed by atoms with van der Waals surface area (Å²) in [7, 11) is 0. The molecule has 0 atom stereocenters. The van der Waals surface area contributed by atoms with Crippen LogP contribution in [-0.4, -0.2) is 17.0 Å². The zero-order valence-electron chi connectivity index (χ0n) is 18.4. The van der Waals surface area contributed by atoms with Crippen LogP contribution in [0, 0.1) is 25.2 Å². The minimum absolute atomic E-state index is 0.0819. The van der Waals surface area contributed by atoms with E-state index in [1.807, 2.05) is 32.0 Å². The number of carboxylic acid groups (broad SMARTS) is 1. The molecule has 1 amide bonds. The normalized spacial score (nSPS) is 11.0. The number of carbonyl (C=O) groups is 2. The number of nitrogens with zero attached hydrogens (tertiary/aromatic N) is 1. The number of hydrogen-bond acceptors (Lipinski definition) is 4. The second kappa shape index (κ2) is 11.1. The third kappa shape index (κ3) is 6.13. The average Bonchev–Trinajstić information content (AvgIpc) is 2.80. The minimum atomic E-state index is -1.00. The topological polar surface area (TPSA) is 99.4 Å². The molecule has 8 heteroatoms. The Hall–Kier alpha value is -3.41. The third-order valence-electron chi connectivity index (χ3n) is 5.14. The van der Waals surface area contributed by atoms with Crippen molar-refractivity contribution < 1.29 is 19.4 Å². The average molecular weight is 584 g/mol. The maximum atomic E-state index is 12.8. The molecule has 0 heterocycles. The summed E-state index contributed by atoms with van der Waals surface area (Å²) in [5.74, 6) is -1.08. The molecular weight excluding hydrogens is 564 g/mol. The number of nitrogens with one attached hydrogen (secondary N) is 1. The first-order valence-electron chi connectivity index (χ1n) is 10.1. The lowest BCUT2D eigenvalue weighted by molar-refractivity contribution is -0.112. The van der Waals surface area contributed by atoms with Crippen molar-refractivity contribution in [2.45, 2.75) is 20.5 Å². The molecule has 172 valence electrons. The minimum Gasteiger partial charge on any atom is -0.487 e. The summed E-state index contributed by atoms with van der Waals surface area (Å²) in [6.45, 7) is 4.02. The van der Waals surface area contributed by atoms with Gasteiger partial charge in [0.1, 0.15) is 24.0 Å². The van der Waals surface area contributed by atoms with Gasteiger partial charge in [-0.1, -0.05) is 40.2 Å². The molecule has 0 saturated carbocycles. The number of carboxylic acids is 1. The summed E-state index contributed by atoms with van der Waals surface area (Å²) in [4.78, 5) is 23.9. The molecule has 0 bridgehead atoms. The molecule has 0 fully saturated rings. The number of carbonyl (C=O) groups excluding carboxylic acids is 1. The van der Waals surface area contributed by atoms with Crippen molar-refractivity contribution >= 4 is 55.5 Å². The van der Waals surface area contributed by atoms with Crippen LogP contribution >= 0.6 is 31.9 Å². The summed E-state index contributed by atoms with van der Waals surface area (Å²) in [6, 6.07) is 17.4. The number of anilines is 1. The molecule has 0 aliphatic heterocycles. The molecule has 0 unspecified atom stereocenters. The van der Waals surface area contributed by atoms with Crippen LogP contribution < -0.4 is 10.1 Å². The number of amides is 1. The molecule has 0 radical (unpaired) electrons. The summed E-state index contributed by atoms with van der Waals surface area (Å²) in [5.41, 5.74) is 3.99. The van der Waals surface area contributed by atoms with E-state index in [2.05, 4.69) is 37.2 Å². The summed E-state index contributed by atoms with van der Waals surface area (Å²) < 4.78 is 7.35. The van der Waals surface area contributed by atoms with Crippen molar-refractivity contribution in [3.63, 3.8) is 0 Å². The Labute approximate surface area is 214 Å². The maximum Gasteiger partial charge on any atom is 0.335 e. The molecule has 0 aliphatic rings. The predicted molar refractivity (Wildman–Crippen MR) is 138 cm³/mol. The first-order chi connectivity index (χ1) is 16.2. The number of aryl methyl sites for hydroxylation is 1. The van der Waals surface area contributed by atoms with Crippen LogP contribution in [0.2, 0.25) is 0 Å². The zero-order chi connectivity index (χ0) is 24.8. The Morgan fingerprint density at radius 1 is 1.12 bits per heavy atom. The van der Waals surface area contributed by atoms with E-state index in [4.69, 9.17) is 9.84 Å². The maximum absolute atomic E-state index is 12.8. The quantitative estimate of drug-likeness (QED) is 0.239. The van der Waals surface area contributed by atoms with Crippen LogP contribution in [0.15, 0.2) is 69.1 Å². The number of aromatic carboxylic acids is 1. The molecular formula is C26H20Br2N2O4. The van der Waals surface area contributed by atoms with E-state index in [-0.39, 0.29) is 17.7 Å². The monoisotopic (exact) mass is 582 g/mol. The third-order valence-corrected chi connectivity index (χ3v) is 6.19. The first-order valence-corrected chi connectivity index (χ1v) is 11.7. The number of benzene rings is 3. The highest BCUT2D eigenvalue weighted by Gasteiger charge is 2.15. The lowest BCUT2D eigenvalue weighted by Crippen LogP contribution is -2.14. The second-order valence-corrected chi connectivity index (χ2v) is 9.24. The van der Waals surface area contributed by atoms with Crippen molar-refractivity contribution in [1.29, 1.82) is 5.26 Å². The predicted octanol–water partition coefficient (Wildman–Crippen LogP) is 6.65. The molecule has 0 aromatic heterocycles. The van der Waals surface area contributed by atoms with Gasteiger partial charge in [0.15, 0.2) is 0 Å². The van der Waals surface area contributed by atoms with Crippen LogP contribution in [0.4, 0.5) is 5.69 Å². The van der Waals surface area contributed by atoms with Gasteiger partial charge in [0.25, 0.3) is 5.91 Å². The fraction of sp³-hybridized carbons (Fsp3) is 0.115. The molecule has 0 spiro atoms. The van der Waals surface area contributed by atoms with Gasteiger partial charge < -0.3 is 15.2 Å². The summed E-state index contributed by atoms with van der Waals surface area (Å²) in [6.07, 6.45) is 1.47. The van der Waals surface area contributed by atoms with E-state index in [1.54, 1.807) is 30.3 Å². The Balaban J connectivity index is 1.88. The SMILES string of the molecule is Cc1cccc(NC(=O)/C(C#N)=C/c2cc(Br)cc(Br)c2OCc2ccc(C(=O)O)cc2)c1C. The van der Waals surface area contributed by atoms with Crippen molar-refractivity contribution in [2.24, 2.45) is 0 Å². The Bertz CT molecular complexity index is 1330. The highest BCUT2D eigenvalue weighted by molar-refractivity contribution is 9.11. The van der Waals surface area contributed by atoms with Crippen LogP contribution in [0.1, 0.15) is 32.6 Å². The smallest absolute Gasteiger partial charge is 0.335 e. The van der Waals surface area contributed by atoms with E-state index in [0.717, 1.165) is 21.2 Å². The number of nitriles is 1. The van der Waals surface area contributed by atoms with E-state index in [1.165, 1.54) is 18.2 Å². The van der Waals surface area contributed by atoms with Gasteiger partial charge in [-0.25, -0.2) is 4.79 Å². The molecule has 0 saturated heterocycles. The molecule has 2 N–H and O–H groups in total. The Morgan fingerprint density at radius 3 is 2.47 bits per heavy atom. The van der Waals surface area contributed by atoms with Crippen molar-refractivity contribution in [3.05, 3.63) is 96.9 Å². The lowest BCUT2D eigenvalue weighted by atomic mass is 10.1. The molecule has 0 aliphatic carbocycles. The van der Waals surface area contributed by atoms with Gasteiger partial charge >= 0.3 is 5.97 Å². The molecule has 3 aromatic rings. The fourth-order valence-electron chi connectivity index (χ4n) is 3.12. The van der Waals surface area contributed by atoms with E-state index in [0.29, 0.717) is 21.5 Å². The van der Waals surface area contributed by atoms with Crippen LogP contribution in [-0.2, 0) is 11.4 Å². The first kappa shape index (κ1) is 25.2. The van der Waals surface area contributed by atoms with Gasteiger partial charge in [0.05, 0.1) is 10.0 Å². The Morgan fingerprint density at radius 2 is 1.82 bits per heavy atom. The van der Waals surface area contributed by atoms with Gasteiger partial charge in [-0.3, -0.25) is 4.79 Å². The number of hydrogen-bond donors (Lipinski definition) is 2. The highest BCUT2D eigenvalue weighted by Crippen LogP contribution is 2.35. The van der Waals surface area contributed by atoms with E-state index in [9.17, 15) is 14.9 Å². The highest BCUT2D eigenvalue weighted by atomic mass is 79.9. The van der Waals surface area contributed by atoms with Gasteiger partial charge in [-0.05, 0) is 82.9 Å². The fourth-order valence-corrected chi connectivity index (χ4v) is 4.49. The zero-order valence-corrected chi connectivity index (χ0v) is 21.5. The van der Waals surface area contributed by atoms with Gasteiger partial charge in [0.2, 0.25) is 0 Å². The van der Waals surface area contributed by atoms with Crippen LogP contribution in [0.5, 0.6) is 5.75 Å². The number of rotatable bonds is 7. The van der Waals surface area contributed by atoms with E-state index < -0.39 is 11.9 Å². The summed E-state index contributed by atoms with van der Waals surface area (Å²) >= 11 is 6.91. The van der Waals surface area contributed by atoms with Crippen molar-refractivity contribution in [1.82, 2.24) is 0 Å². The lowest BCUT2D eigenvalue weighted by Gasteiger charge is -2.13. The molecule has 34 heavy (non-hydrogen) atoms. The van der Waals surface area contributed by atoms with Gasteiger partial charge in [-0.2, -0.15) is 5.26 Å². The van der Waals surface area contributed by atoms with E-state index >= 15 is 0 Å². The van der Waals surface area contributed by atoms with Crippen molar-refractivity contribution in [2.75, 3.05) is 5.32 Å². The van der Waals surface area contributed by atoms with Gasteiger partial charge in [-0.15, -0.1) is 0 Å². The van der Waals surface area contributed by atoms with Crippen LogP contribution in [0.25, 0.3) is 6.08 Å². The largest absolute Gasteiger partial charge is 0.487 e. The number of ether oxygens (including phenoxy) is 1. The molecule has 3 rings (SSSR count). The second-order valence-electron chi connectivity index (χ2n) is 7.47.